The molecule has 0 aliphatic heterocycles. The first-order chi connectivity index (χ1) is 10.7. The minimum Gasteiger partial charge on any atom is -0.320 e. The monoisotopic (exact) mass is 291 g/mol. The number of nitrogens with one attached hydrogen (secondary N) is 2. The Morgan fingerprint density at radius 2 is 1.73 bits per heavy atom. The maximum Gasteiger partial charge on any atom is 0.274 e. The van der Waals surface area contributed by atoms with Gasteiger partial charge in [0.2, 0.25) is 0 Å². The topological polar surface area (TPSA) is 74.8 Å². The molecule has 5 nitrogen and oxygen atoms in total. The third-order valence-corrected chi connectivity index (χ3v) is 3.17. The molecule has 0 saturated heterocycles. The predicted molar refractivity (Wildman–Crippen MR) is 84.7 cm³/mol. The molecule has 0 atom stereocenters. The van der Waals surface area contributed by atoms with Crippen molar-refractivity contribution < 1.29 is 4.79 Å². The average molecular weight is 291 g/mol. The lowest BCUT2D eigenvalue weighted by atomic mass is 10.0. The smallest absolute Gasteiger partial charge is 0.274 e. The summed E-state index contributed by atoms with van der Waals surface area (Å²) in [6.07, 6.45) is 1.21. The molecule has 1 amide bonds. The Kier molecular flexibility index (Phi) is 3.78. The summed E-state index contributed by atoms with van der Waals surface area (Å²) in [4.78, 5) is 29.7. The van der Waals surface area contributed by atoms with E-state index in [1.807, 2.05) is 54.6 Å². The fraction of sp³-hybridized carbons (Fsp3) is 0. The van der Waals surface area contributed by atoms with Crippen LogP contribution in [-0.2, 0) is 0 Å². The van der Waals surface area contributed by atoms with Gasteiger partial charge in [-0.3, -0.25) is 9.59 Å². The molecule has 22 heavy (non-hydrogen) atoms. The molecule has 0 saturated carbocycles. The first-order valence-corrected chi connectivity index (χ1v) is 6.74. The summed E-state index contributed by atoms with van der Waals surface area (Å²) >= 11 is 0. The molecule has 1 aromatic heterocycles. The largest absolute Gasteiger partial charge is 0.320 e. The number of carbonyl (C=O) groups is 1. The van der Waals surface area contributed by atoms with Crippen molar-refractivity contribution >= 4 is 11.6 Å². The molecule has 5 heteroatoms. The van der Waals surface area contributed by atoms with Crippen LogP contribution in [0.15, 0.2) is 71.8 Å². The molecule has 3 rings (SSSR count). The van der Waals surface area contributed by atoms with Crippen LogP contribution in [0.1, 0.15) is 10.5 Å². The van der Waals surface area contributed by atoms with E-state index in [1.165, 1.54) is 12.4 Å². The van der Waals surface area contributed by atoms with Crippen molar-refractivity contribution in [2.24, 2.45) is 0 Å². The number of rotatable bonds is 3. The van der Waals surface area contributed by atoms with Crippen molar-refractivity contribution in [1.82, 2.24) is 9.97 Å². The second-order valence-electron chi connectivity index (χ2n) is 4.66. The zero-order valence-electron chi connectivity index (χ0n) is 11.6. The van der Waals surface area contributed by atoms with E-state index >= 15 is 0 Å². The standard InChI is InChI=1S/C17H13N3O2/c21-16-10-15(18-11-19-16)17(22)20-14-9-5-4-8-13(14)12-6-2-1-3-7-12/h1-11H,(H,20,22)(H,18,19,21). The maximum absolute atomic E-state index is 12.2. The molecule has 0 spiro atoms. The minimum absolute atomic E-state index is 0.0756. The minimum atomic E-state index is -0.422. The number of carbonyl (C=O) groups excluding carboxylic acids is 1. The van der Waals surface area contributed by atoms with Gasteiger partial charge < -0.3 is 10.3 Å². The molecule has 2 aromatic carbocycles. The molecule has 0 radical (unpaired) electrons. The zero-order chi connectivity index (χ0) is 15.4. The van der Waals surface area contributed by atoms with Gasteiger partial charge >= 0.3 is 0 Å². The average Bonchev–Trinajstić information content (AvgIpc) is 2.56. The molecule has 2 N–H and O–H groups in total. The van der Waals surface area contributed by atoms with Gasteiger partial charge in [0.05, 0.1) is 6.33 Å². The van der Waals surface area contributed by atoms with Crippen LogP contribution in [0, 0.1) is 0 Å². The first-order valence-electron chi connectivity index (χ1n) is 6.74. The Morgan fingerprint density at radius 3 is 2.50 bits per heavy atom. The van der Waals surface area contributed by atoms with Crippen molar-refractivity contribution in [3.05, 3.63) is 83.0 Å². The van der Waals surface area contributed by atoms with E-state index in [1.54, 1.807) is 0 Å². The number of para-hydroxylation sites is 1. The lowest BCUT2D eigenvalue weighted by molar-refractivity contribution is 0.102. The zero-order valence-corrected chi connectivity index (χ0v) is 11.6. The van der Waals surface area contributed by atoms with E-state index in [4.69, 9.17) is 0 Å². The number of hydrogen-bond acceptors (Lipinski definition) is 3. The van der Waals surface area contributed by atoms with Crippen LogP contribution in [0.4, 0.5) is 5.69 Å². The normalized spacial score (nSPS) is 10.2. The van der Waals surface area contributed by atoms with Gasteiger partial charge in [-0.1, -0.05) is 48.5 Å². The van der Waals surface area contributed by atoms with E-state index in [0.29, 0.717) is 5.69 Å². The van der Waals surface area contributed by atoms with E-state index in [9.17, 15) is 9.59 Å². The number of amides is 1. The van der Waals surface area contributed by atoms with Crippen LogP contribution in [-0.4, -0.2) is 15.9 Å². The summed E-state index contributed by atoms with van der Waals surface area (Å²) < 4.78 is 0. The highest BCUT2D eigenvalue weighted by atomic mass is 16.2. The lowest BCUT2D eigenvalue weighted by Crippen LogP contribution is -2.18. The van der Waals surface area contributed by atoms with Crippen molar-refractivity contribution in [2.75, 3.05) is 5.32 Å². The fourth-order valence-electron chi connectivity index (χ4n) is 2.14. The van der Waals surface area contributed by atoms with Gasteiger partial charge in [0.25, 0.3) is 11.5 Å². The van der Waals surface area contributed by atoms with Gasteiger partial charge in [0.15, 0.2) is 0 Å². The van der Waals surface area contributed by atoms with Crippen LogP contribution in [0.25, 0.3) is 11.1 Å². The number of benzene rings is 2. The quantitative estimate of drug-likeness (QED) is 0.779. The second-order valence-corrected chi connectivity index (χ2v) is 4.66. The summed E-state index contributed by atoms with van der Waals surface area (Å²) in [6, 6.07) is 18.4. The highest BCUT2D eigenvalue weighted by Crippen LogP contribution is 2.27. The molecule has 0 aliphatic rings. The van der Waals surface area contributed by atoms with Crippen molar-refractivity contribution in [1.29, 1.82) is 0 Å². The van der Waals surface area contributed by atoms with Crippen LogP contribution >= 0.6 is 0 Å². The molecular formula is C17H13N3O2. The number of aromatic nitrogens is 2. The van der Waals surface area contributed by atoms with Gasteiger partial charge in [-0.05, 0) is 11.6 Å². The summed E-state index contributed by atoms with van der Waals surface area (Å²) in [6.45, 7) is 0. The SMILES string of the molecule is O=C(Nc1ccccc1-c1ccccc1)c1cc(=O)[nH]cn1. The van der Waals surface area contributed by atoms with Crippen LogP contribution in [0.5, 0.6) is 0 Å². The summed E-state index contributed by atoms with van der Waals surface area (Å²) in [5, 5.41) is 2.80. The molecule has 0 bridgehead atoms. The number of H-pyrrole nitrogens is 1. The lowest BCUT2D eigenvalue weighted by Gasteiger charge is -2.10. The molecule has 108 valence electrons. The molecular weight excluding hydrogens is 278 g/mol. The Bertz CT molecular complexity index is 857. The van der Waals surface area contributed by atoms with E-state index < -0.39 is 5.91 Å². The van der Waals surface area contributed by atoms with Crippen molar-refractivity contribution in [3.63, 3.8) is 0 Å². The third-order valence-electron chi connectivity index (χ3n) is 3.17. The van der Waals surface area contributed by atoms with Gasteiger partial charge in [-0.25, -0.2) is 4.98 Å². The fourth-order valence-corrected chi connectivity index (χ4v) is 2.14. The number of hydrogen-bond donors (Lipinski definition) is 2. The maximum atomic E-state index is 12.2. The van der Waals surface area contributed by atoms with Crippen LogP contribution in [0.3, 0.4) is 0 Å². The van der Waals surface area contributed by atoms with Crippen LogP contribution in [0.2, 0.25) is 0 Å². The Hall–Kier alpha value is -3.21. The van der Waals surface area contributed by atoms with E-state index in [2.05, 4.69) is 15.3 Å². The third kappa shape index (κ3) is 2.93. The number of aromatic amines is 1. The Labute approximate surface area is 126 Å². The first kappa shape index (κ1) is 13.8. The number of anilines is 1. The highest BCUT2D eigenvalue weighted by molar-refractivity contribution is 6.04. The van der Waals surface area contributed by atoms with Gasteiger partial charge in [-0.2, -0.15) is 0 Å². The highest BCUT2D eigenvalue weighted by Gasteiger charge is 2.11. The summed E-state index contributed by atoms with van der Waals surface area (Å²) in [7, 11) is 0. The molecule has 1 heterocycles. The van der Waals surface area contributed by atoms with Gasteiger partial charge in [0.1, 0.15) is 5.69 Å². The van der Waals surface area contributed by atoms with Gasteiger partial charge in [-0.15, -0.1) is 0 Å². The number of nitrogens with zero attached hydrogens (tertiary/aromatic N) is 1. The van der Waals surface area contributed by atoms with E-state index in [-0.39, 0.29) is 11.3 Å². The van der Waals surface area contributed by atoms with Crippen molar-refractivity contribution in [3.8, 4) is 11.1 Å². The molecule has 0 unspecified atom stereocenters. The van der Waals surface area contributed by atoms with E-state index in [0.717, 1.165) is 11.1 Å². The molecule has 0 fully saturated rings. The molecule has 0 aliphatic carbocycles. The second kappa shape index (κ2) is 6.05. The van der Waals surface area contributed by atoms with Gasteiger partial charge in [0, 0.05) is 17.3 Å². The van der Waals surface area contributed by atoms with Crippen LogP contribution < -0.4 is 10.9 Å². The summed E-state index contributed by atoms with van der Waals surface area (Å²) in [5.74, 6) is -0.422. The molecule has 3 aromatic rings. The predicted octanol–water partition coefficient (Wildman–Crippen LogP) is 2.69. The Balaban J connectivity index is 1.93. The summed E-state index contributed by atoms with van der Waals surface area (Å²) in [5.41, 5.74) is 2.28. The Morgan fingerprint density at radius 1 is 1.00 bits per heavy atom. The van der Waals surface area contributed by atoms with Crippen molar-refractivity contribution in [2.45, 2.75) is 0 Å².